The third-order valence-electron chi connectivity index (χ3n) is 4.18. The number of carbonyl (C=O) groups is 3. The monoisotopic (exact) mass is 384 g/mol. The molecule has 2 amide bonds. The zero-order valence-electron chi connectivity index (χ0n) is 16.4. The summed E-state index contributed by atoms with van der Waals surface area (Å²) in [5, 5.41) is 2.78. The fraction of sp³-hybridized carbons (Fsp3) is 0.286. The Morgan fingerprint density at radius 1 is 0.964 bits per heavy atom. The van der Waals surface area contributed by atoms with E-state index < -0.39 is 0 Å². The highest BCUT2D eigenvalue weighted by atomic mass is 16.5. The van der Waals surface area contributed by atoms with Crippen LogP contribution >= 0.6 is 0 Å². The van der Waals surface area contributed by atoms with Crippen molar-refractivity contribution < 1.29 is 23.9 Å². The summed E-state index contributed by atoms with van der Waals surface area (Å²) in [6.45, 7) is 2.96. The van der Waals surface area contributed by atoms with Crippen molar-refractivity contribution in [3.05, 3.63) is 53.6 Å². The number of benzene rings is 2. The van der Waals surface area contributed by atoms with Gasteiger partial charge in [0.2, 0.25) is 11.8 Å². The second kappa shape index (κ2) is 9.55. The zero-order chi connectivity index (χ0) is 20.7. The van der Waals surface area contributed by atoms with Crippen molar-refractivity contribution in [1.29, 1.82) is 0 Å². The first-order valence-electron chi connectivity index (χ1n) is 8.72. The van der Waals surface area contributed by atoms with Gasteiger partial charge in [-0.3, -0.25) is 14.4 Å². The van der Waals surface area contributed by atoms with Crippen molar-refractivity contribution in [2.45, 2.75) is 20.4 Å². The summed E-state index contributed by atoms with van der Waals surface area (Å²) in [5.41, 5.74) is 1.81. The number of methoxy groups -OCH3 is 2. The third kappa shape index (κ3) is 5.33. The summed E-state index contributed by atoms with van der Waals surface area (Å²) in [6.07, 6.45) is 0. The lowest BCUT2D eigenvalue weighted by Crippen LogP contribution is -2.39. The Morgan fingerprint density at radius 2 is 1.68 bits per heavy atom. The highest BCUT2D eigenvalue weighted by Crippen LogP contribution is 2.27. The van der Waals surface area contributed by atoms with Crippen LogP contribution in [0, 0.1) is 0 Å². The highest BCUT2D eigenvalue weighted by Gasteiger charge is 2.17. The van der Waals surface area contributed by atoms with Crippen LogP contribution in [-0.4, -0.2) is 38.4 Å². The van der Waals surface area contributed by atoms with Gasteiger partial charge < -0.3 is 19.7 Å². The number of nitrogens with one attached hydrogen (secondary N) is 1. The van der Waals surface area contributed by atoms with Crippen molar-refractivity contribution in [2.24, 2.45) is 0 Å². The van der Waals surface area contributed by atoms with Gasteiger partial charge in [-0.1, -0.05) is 18.2 Å². The predicted octanol–water partition coefficient (Wildman–Crippen LogP) is 2.58. The minimum atomic E-state index is -0.321. The number of hydrogen-bond acceptors (Lipinski definition) is 5. The molecule has 7 heteroatoms. The fourth-order valence-electron chi connectivity index (χ4n) is 2.67. The standard InChI is InChI=1S/C21H24N2O5/c1-14(24)17-6-5-7-18(11-17)23(15(2)25)13-21(26)22-12-16-8-9-19(27-3)20(10-16)28-4/h5-11H,12-13H2,1-4H3,(H,22,26). The molecule has 0 spiro atoms. The van der Waals surface area contributed by atoms with Crippen molar-refractivity contribution in [3.8, 4) is 11.5 Å². The van der Waals surface area contributed by atoms with Crippen LogP contribution in [0.3, 0.4) is 0 Å². The molecule has 0 aromatic heterocycles. The first-order chi connectivity index (χ1) is 13.3. The lowest BCUT2D eigenvalue weighted by Gasteiger charge is -2.21. The third-order valence-corrected chi connectivity index (χ3v) is 4.18. The van der Waals surface area contributed by atoms with Crippen LogP contribution in [-0.2, 0) is 16.1 Å². The van der Waals surface area contributed by atoms with Crippen LogP contribution < -0.4 is 19.7 Å². The first kappa shape index (κ1) is 21.0. The predicted molar refractivity (Wildman–Crippen MR) is 106 cm³/mol. The van der Waals surface area contributed by atoms with Gasteiger partial charge >= 0.3 is 0 Å². The normalized spacial score (nSPS) is 10.1. The van der Waals surface area contributed by atoms with Crippen LogP contribution in [0.4, 0.5) is 5.69 Å². The Bertz CT molecular complexity index is 879. The molecule has 1 N–H and O–H groups in total. The van der Waals surface area contributed by atoms with Crippen molar-refractivity contribution >= 4 is 23.3 Å². The number of anilines is 1. The van der Waals surface area contributed by atoms with Crippen LogP contribution in [0.5, 0.6) is 11.5 Å². The average Bonchev–Trinajstić information content (AvgIpc) is 2.69. The molecule has 0 saturated carbocycles. The van der Waals surface area contributed by atoms with Crippen LogP contribution in [0.1, 0.15) is 29.8 Å². The molecule has 0 heterocycles. The molecule has 0 atom stereocenters. The number of Topliss-reactive ketones (excluding diaryl/α,β-unsaturated/α-hetero) is 1. The molecule has 0 radical (unpaired) electrons. The number of nitrogens with zero attached hydrogens (tertiary/aromatic N) is 1. The van der Waals surface area contributed by atoms with Gasteiger partial charge in [0.05, 0.1) is 14.2 Å². The first-order valence-corrected chi connectivity index (χ1v) is 8.72. The Hall–Kier alpha value is -3.35. The molecule has 2 aromatic rings. The number of carbonyl (C=O) groups excluding carboxylic acids is 3. The van der Waals surface area contributed by atoms with Gasteiger partial charge in [0.25, 0.3) is 0 Å². The van der Waals surface area contributed by atoms with E-state index in [0.29, 0.717) is 22.7 Å². The number of amides is 2. The van der Waals surface area contributed by atoms with E-state index in [0.717, 1.165) is 5.56 Å². The van der Waals surface area contributed by atoms with E-state index in [1.54, 1.807) is 50.6 Å². The van der Waals surface area contributed by atoms with Gasteiger partial charge in [0.1, 0.15) is 6.54 Å². The van der Waals surface area contributed by atoms with Crippen molar-refractivity contribution in [1.82, 2.24) is 5.32 Å². The Labute approximate surface area is 164 Å². The molecule has 2 aromatic carbocycles. The summed E-state index contributed by atoms with van der Waals surface area (Å²) in [4.78, 5) is 37.3. The van der Waals surface area contributed by atoms with Crippen molar-refractivity contribution in [3.63, 3.8) is 0 Å². The summed E-state index contributed by atoms with van der Waals surface area (Å²) in [5.74, 6) is 0.454. The van der Waals surface area contributed by atoms with Gasteiger partial charge in [-0.15, -0.1) is 0 Å². The maximum Gasteiger partial charge on any atom is 0.240 e. The van der Waals surface area contributed by atoms with Crippen molar-refractivity contribution in [2.75, 3.05) is 25.7 Å². The highest BCUT2D eigenvalue weighted by molar-refractivity contribution is 6.00. The molecular weight excluding hydrogens is 360 g/mol. The molecule has 0 aliphatic heterocycles. The maximum atomic E-state index is 12.4. The molecule has 2 rings (SSSR count). The molecule has 0 saturated heterocycles. The summed E-state index contributed by atoms with van der Waals surface area (Å²) < 4.78 is 10.4. The summed E-state index contributed by atoms with van der Waals surface area (Å²) in [7, 11) is 3.09. The molecule has 28 heavy (non-hydrogen) atoms. The summed E-state index contributed by atoms with van der Waals surface area (Å²) >= 11 is 0. The van der Waals surface area contributed by atoms with E-state index in [9.17, 15) is 14.4 Å². The zero-order valence-corrected chi connectivity index (χ0v) is 16.4. The fourth-order valence-corrected chi connectivity index (χ4v) is 2.67. The molecule has 0 aliphatic rings. The van der Waals surface area contributed by atoms with E-state index in [1.807, 2.05) is 6.07 Å². The Morgan fingerprint density at radius 3 is 2.29 bits per heavy atom. The topological polar surface area (TPSA) is 84.9 Å². The lowest BCUT2D eigenvalue weighted by atomic mass is 10.1. The minimum Gasteiger partial charge on any atom is -0.493 e. The van der Waals surface area contributed by atoms with Gasteiger partial charge in [0.15, 0.2) is 17.3 Å². The van der Waals surface area contributed by atoms with Crippen LogP contribution in [0.25, 0.3) is 0 Å². The van der Waals surface area contributed by atoms with E-state index in [1.165, 1.54) is 18.7 Å². The molecule has 0 fully saturated rings. The molecule has 0 aliphatic carbocycles. The van der Waals surface area contributed by atoms with E-state index in [4.69, 9.17) is 9.47 Å². The lowest BCUT2D eigenvalue weighted by molar-refractivity contribution is -0.123. The van der Waals surface area contributed by atoms with Gasteiger partial charge in [-0.05, 0) is 36.8 Å². The van der Waals surface area contributed by atoms with Gasteiger partial charge in [0, 0.05) is 24.7 Å². The molecule has 0 bridgehead atoms. The maximum absolute atomic E-state index is 12.4. The molecule has 7 nitrogen and oxygen atoms in total. The molecular formula is C21H24N2O5. The largest absolute Gasteiger partial charge is 0.493 e. The number of ketones is 1. The quantitative estimate of drug-likeness (QED) is 0.707. The van der Waals surface area contributed by atoms with E-state index >= 15 is 0 Å². The average molecular weight is 384 g/mol. The van der Waals surface area contributed by atoms with E-state index in [2.05, 4.69) is 5.32 Å². The Balaban J connectivity index is 2.06. The van der Waals surface area contributed by atoms with Crippen LogP contribution in [0.15, 0.2) is 42.5 Å². The number of rotatable bonds is 8. The smallest absolute Gasteiger partial charge is 0.240 e. The van der Waals surface area contributed by atoms with Crippen LogP contribution in [0.2, 0.25) is 0 Å². The number of ether oxygens (including phenoxy) is 2. The number of hydrogen-bond donors (Lipinski definition) is 1. The minimum absolute atomic E-state index is 0.108. The SMILES string of the molecule is COc1ccc(CNC(=O)CN(C(C)=O)c2cccc(C(C)=O)c2)cc1OC. The van der Waals surface area contributed by atoms with Gasteiger partial charge in [-0.25, -0.2) is 0 Å². The van der Waals surface area contributed by atoms with Gasteiger partial charge in [-0.2, -0.15) is 0 Å². The second-order valence-electron chi connectivity index (χ2n) is 6.18. The Kier molecular flexibility index (Phi) is 7.14. The molecule has 148 valence electrons. The van der Waals surface area contributed by atoms with E-state index in [-0.39, 0.29) is 30.7 Å². The molecule has 0 unspecified atom stereocenters. The summed E-state index contributed by atoms with van der Waals surface area (Å²) in [6, 6.07) is 12.0. The second-order valence-corrected chi connectivity index (χ2v) is 6.18.